The summed E-state index contributed by atoms with van der Waals surface area (Å²) in [4.78, 5) is 25.1. The van der Waals surface area contributed by atoms with Crippen LogP contribution in [0.2, 0.25) is 0 Å². The van der Waals surface area contributed by atoms with E-state index >= 15 is 0 Å². The lowest BCUT2D eigenvalue weighted by Crippen LogP contribution is -2.67. The van der Waals surface area contributed by atoms with Crippen LogP contribution in [-0.4, -0.2) is 29.3 Å². The lowest BCUT2D eigenvalue weighted by atomic mass is 9.48. The molecule has 1 amide bonds. The van der Waals surface area contributed by atoms with Gasteiger partial charge in [0.2, 0.25) is 0 Å². The first-order chi connectivity index (χ1) is 15.0. The molecule has 0 heterocycles. The van der Waals surface area contributed by atoms with Gasteiger partial charge >= 0.3 is 12.1 Å². The Labute approximate surface area is 181 Å². The fourth-order valence-corrected chi connectivity index (χ4v) is 7.50. The van der Waals surface area contributed by atoms with Crippen molar-refractivity contribution in [3.63, 3.8) is 0 Å². The molecule has 0 aromatic heterocycles. The van der Waals surface area contributed by atoms with Crippen LogP contribution in [0.3, 0.4) is 0 Å². The third-order valence-corrected chi connectivity index (χ3v) is 8.27. The molecule has 3 atom stereocenters. The van der Waals surface area contributed by atoms with E-state index < -0.39 is 23.5 Å². The monoisotopic (exact) mass is 417 g/mol. The number of rotatable bonds is 4. The van der Waals surface area contributed by atoms with Gasteiger partial charge in [-0.2, -0.15) is 0 Å². The van der Waals surface area contributed by atoms with Crippen LogP contribution in [0, 0.1) is 23.7 Å². The van der Waals surface area contributed by atoms with Crippen molar-refractivity contribution in [2.24, 2.45) is 23.7 Å². The average Bonchev–Trinajstić information content (AvgIpc) is 3.05. The van der Waals surface area contributed by atoms with Gasteiger partial charge in [-0.15, -0.1) is 0 Å². The number of ether oxygens (including phenoxy) is 1. The van der Waals surface area contributed by atoms with Gasteiger partial charge in [0.15, 0.2) is 0 Å². The highest BCUT2D eigenvalue weighted by molar-refractivity contribution is 5.79. The molecule has 160 valence electrons. The predicted octanol–water partition coefficient (Wildman–Crippen LogP) is 4.80. The standard InChI is InChI=1S/C26H27NO4/c28-24(29)23-17-10-15-9-16(11-17)13-26(23,12-15)27-25(30)31-14-22-20-7-3-1-5-18(20)19-6-2-4-8-21(19)22/h1-8,15-17,22-23H,9-14H2,(H,27,30)(H,28,29). The number of benzene rings is 2. The Morgan fingerprint density at radius 2 is 1.52 bits per heavy atom. The Kier molecular flexibility index (Phi) is 4.17. The Balaban J connectivity index is 1.21. The van der Waals surface area contributed by atoms with E-state index in [0.717, 1.165) is 25.7 Å². The molecule has 2 aromatic carbocycles. The van der Waals surface area contributed by atoms with Crippen LogP contribution in [0.1, 0.15) is 49.1 Å². The maximum atomic E-state index is 13.0. The molecule has 5 aliphatic rings. The normalized spacial score (nSPS) is 32.4. The highest BCUT2D eigenvalue weighted by Gasteiger charge is 2.60. The van der Waals surface area contributed by atoms with Crippen molar-refractivity contribution < 1.29 is 19.4 Å². The number of amides is 1. The van der Waals surface area contributed by atoms with Gasteiger partial charge in [-0.3, -0.25) is 4.79 Å². The van der Waals surface area contributed by atoms with E-state index in [1.54, 1.807) is 0 Å². The minimum Gasteiger partial charge on any atom is -0.481 e. The van der Waals surface area contributed by atoms with Crippen LogP contribution in [0.4, 0.5) is 4.79 Å². The molecule has 2 N–H and O–H groups in total. The molecule has 4 bridgehead atoms. The minimum absolute atomic E-state index is 0.00443. The molecular weight excluding hydrogens is 390 g/mol. The molecule has 5 nitrogen and oxygen atoms in total. The first-order valence-electron chi connectivity index (χ1n) is 11.4. The van der Waals surface area contributed by atoms with E-state index in [9.17, 15) is 14.7 Å². The number of fused-ring (bicyclic) bond motifs is 3. The topological polar surface area (TPSA) is 75.6 Å². The third-order valence-electron chi connectivity index (χ3n) is 8.27. The minimum atomic E-state index is -0.775. The van der Waals surface area contributed by atoms with Crippen LogP contribution >= 0.6 is 0 Å². The van der Waals surface area contributed by atoms with Crippen LogP contribution in [0.25, 0.3) is 11.1 Å². The first-order valence-corrected chi connectivity index (χ1v) is 11.4. The quantitative estimate of drug-likeness (QED) is 0.749. The van der Waals surface area contributed by atoms with Gasteiger partial charge in [-0.05, 0) is 72.1 Å². The predicted molar refractivity (Wildman–Crippen MR) is 116 cm³/mol. The molecule has 5 aliphatic carbocycles. The number of carboxylic acid groups (broad SMARTS) is 1. The summed E-state index contributed by atoms with van der Waals surface area (Å²) in [6.07, 6.45) is 4.21. The summed E-state index contributed by atoms with van der Waals surface area (Å²) in [6.45, 7) is 0.254. The van der Waals surface area contributed by atoms with Gasteiger partial charge < -0.3 is 15.2 Å². The number of aliphatic carboxylic acids is 1. The van der Waals surface area contributed by atoms with Gasteiger partial charge in [0, 0.05) is 5.92 Å². The van der Waals surface area contributed by atoms with E-state index in [0.29, 0.717) is 11.8 Å². The summed E-state index contributed by atoms with van der Waals surface area (Å²) in [5, 5.41) is 13.0. The van der Waals surface area contributed by atoms with Crippen LogP contribution in [-0.2, 0) is 9.53 Å². The molecule has 0 radical (unpaired) electrons. The van der Waals surface area contributed by atoms with Crippen LogP contribution in [0.5, 0.6) is 0 Å². The molecule has 0 aliphatic heterocycles. The van der Waals surface area contributed by atoms with Crippen molar-refractivity contribution in [3.8, 4) is 11.1 Å². The zero-order valence-electron chi connectivity index (χ0n) is 17.4. The molecule has 31 heavy (non-hydrogen) atoms. The first kappa shape index (κ1) is 18.9. The second-order valence-electron chi connectivity index (χ2n) is 10.0. The van der Waals surface area contributed by atoms with Crippen molar-refractivity contribution in [1.29, 1.82) is 0 Å². The molecule has 0 spiro atoms. The molecule has 3 unspecified atom stereocenters. The Morgan fingerprint density at radius 3 is 2.10 bits per heavy atom. The van der Waals surface area contributed by atoms with Crippen LogP contribution in [0.15, 0.2) is 48.5 Å². The second-order valence-corrected chi connectivity index (χ2v) is 10.0. The smallest absolute Gasteiger partial charge is 0.407 e. The molecule has 5 heteroatoms. The van der Waals surface area contributed by atoms with Crippen molar-refractivity contribution in [2.45, 2.75) is 43.6 Å². The maximum Gasteiger partial charge on any atom is 0.407 e. The van der Waals surface area contributed by atoms with Crippen LogP contribution < -0.4 is 5.32 Å². The van der Waals surface area contributed by atoms with Gasteiger partial charge in [0.05, 0.1) is 11.5 Å². The van der Waals surface area contributed by atoms with Crippen molar-refractivity contribution >= 4 is 12.1 Å². The molecule has 4 fully saturated rings. The Morgan fingerprint density at radius 1 is 0.935 bits per heavy atom. The number of carboxylic acids is 1. The van der Waals surface area contributed by atoms with Crippen molar-refractivity contribution in [1.82, 2.24) is 5.32 Å². The number of nitrogens with one attached hydrogen (secondary N) is 1. The number of carbonyl (C=O) groups is 2. The lowest BCUT2D eigenvalue weighted by Gasteiger charge is -2.59. The Bertz CT molecular complexity index is 1000. The van der Waals surface area contributed by atoms with Gasteiger partial charge in [-0.1, -0.05) is 48.5 Å². The van der Waals surface area contributed by atoms with Gasteiger partial charge in [0.25, 0.3) is 0 Å². The van der Waals surface area contributed by atoms with Gasteiger partial charge in [-0.25, -0.2) is 4.79 Å². The molecule has 2 aromatic rings. The fraction of sp³-hybridized carbons (Fsp3) is 0.462. The fourth-order valence-electron chi connectivity index (χ4n) is 7.50. The lowest BCUT2D eigenvalue weighted by molar-refractivity contribution is -0.160. The summed E-state index contributed by atoms with van der Waals surface area (Å²) in [5.41, 5.74) is 4.09. The van der Waals surface area contributed by atoms with Crippen molar-refractivity contribution in [3.05, 3.63) is 59.7 Å². The highest BCUT2D eigenvalue weighted by Crippen LogP contribution is 2.58. The highest BCUT2D eigenvalue weighted by atomic mass is 16.5. The number of hydrogen-bond donors (Lipinski definition) is 2. The van der Waals surface area contributed by atoms with E-state index in [-0.39, 0.29) is 18.4 Å². The van der Waals surface area contributed by atoms with E-state index in [1.807, 2.05) is 24.3 Å². The zero-order valence-corrected chi connectivity index (χ0v) is 17.4. The van der Waals surface area contributed by atoms with E-state index in [1.165, 1.54) is 28.7 Å². The number of alkyl carbamates (subject to hydrolysis) is 1. The SMILES string of the molecule is O=C(NC12CC3CC(CC(C3)C1C(=O)O)C2)OCC1c2ccccc2-c2ccccc21. The zero-order chi connectivity index (χ0) is 21.2. The Hall–Kier alpha value is -2.82. The third kappa shape index (κ3) is 2.89. The molecule has 4 saturated carbocycles. The summed E-state index contributed by atoms with van der Waals surface area (Å²) in [6, 6.07) is 16.5. The van der Waals surface area contributed by atoms with Crippen molar-refractivity contribution in [2.75, 3.05) is 6.61 Å². The summed E-state index contributed by atoms with van der Waals surface area (Å²) >= 11 is 0. The van der Waals surface area contributed by atoms with E-state index in [4.69, 9.17) is 4.74 Å². The summed E-state index contributed by atoms with van der Waals surface area (Å²) in [5.74, 6) is -0.0325. The van der Waals surface area contributed by atoms with E-state index in [2.05, 4.69) is 29.6 Å². The number of carbonyl (C=O) groups excluding carboxylic acids is 1. The second kappa shape index (κ2) is 6.84. The average molecular weight is 418 g/mol. The maximum absolute atomic E-state index is 13.0. The molecule has 7 rings (SSSR count). The summed E-state index contributed by atoms with van der Waals surface area (Å²) in [7, 11) is 0. The molecular formula is C26H27NO4. The number of hydrogen-bond acceptors (Lipinski definition) is 3. The molecule has 0 saturated heterocycles. The van der Waals surface area contributed by atoms with Gasteiger partial charge in [0.1, 0.15) is 6.61 Å². The summed E-state index contributed by atoms with van der Waals surface area (Å²) < 4.78 is 5.76. The largest absolute Gasteiger partial charge is 0.481 e.